The van der Waals surface area contributed by atoms with E-state index in [0.29, 0.717) is 0 Å². The maximum absolute atomic E-state index is 3.47. The predicted octanol–water partition coefficient (Wildman–Crippen LogP) is 3.52. The number of hydrogen-bond acceptors (Lipinski definition) is 2. The van der Waals surface area contributed by atoms with Gasteiger partial charge in [0, 0.05) is 18.8 Å². The lowest BCUT2D eigenvalue weighted by molar-refractivity contribution is 0.303. The summed E-state index contributed by atoms with van der Waals surface area (Å²) in [5.41, 5.74) is 4.29. The van der Waals surface area contributed by atoms with E-state index in [1.807, 2.05) is 0 Å². The van der Waals surface area contributed by atoms with Crippen molar-refractivity contribution in [1.29, 1.82) is 0 Å². The molecule has 1 aliphatic rings. The third-order valence-electron chi connectivity index (χ3n) is 3.65. The van der Waals surface area contributed by atoms with E-state index in [1.165, 1.54) is 42.6 Å². The lowest BCUT2D eigenvalue weighted by Gasteiger charge is -2.21. The molecule has 2 heteroatoms. The molecule has 2 rings (SSSR count). The summed E-state index contributed by atoms with van der Waals surface area (Å²) in [6, 6.07) is 6.90. The maximum atomic E-state index is 3.47. The fourth-order valence-corrected chi connectivity index (χ4v) is 2.50. The fraction of sp³-hybridized carbons (Fsp3) is 0.625. The molecule has 1 aromatic rings. The minimum Gasteiger partial charge on any atom is -0.385 e. The largest absolute Gasteiger partial charge is 0.385 e. The Hall–Kier alpha value is -1.02. The van der Waals surface area contributed by atoms with E-state index in [4.69, 9.17) is 0 Å². The zero-order valence-corrected chi connectivity index (χ0v) is 12.0. The second-order valence-corrected chi connectivity index (χ2v) is 5.94. The number of anilines is 1. The van der Waals surface area contributed by atoms with Crippen LogP contribution >= 0.6 is 0 Å². The molecule has 0 bridgehead atoms. The summed E-state index contributed by atoms with van der Waals surface area (Å²) in [5, 5.41) is 3.47. The van der Waals surface area contributed by atoms with E-state index < -0.39 is 0 Å². The van der Waals surface area contributed by atoms with Crippen LogP contribution in [0.2, 0.25) is 0 Å². The van der Waals surface area contributed by atoms with E-state index in [1.54, 1.807) is 0 Å². The van der Waals surface area contributed by atoms with Gasteiger partial charge in [0.25, 0.3) is 0 Å². The van der Waals surface area contributed by atoms with Crippen molar-refractivity contribution in [2.45, 2.75) is 39.7 Å². The van der Waals surface area contributed by atoms with E-state index in [-0.39, 0.29) is 0 Å². The van der Waals surface area contributed by atoms with Crippen molar-refractivity contribution in [3.8, 4) is 0 Å². The van der Waals surface area contributed by atoms with Crippen molar-refractivity contribution >= 4 is 5.69 Å². The molecule has 1 aromatic carbocycles. The van der Waals surface area contributed by atoms with Crippen LogP contribution in [0.4, 0.5) is 5.69 Å². The monoisotopic (exact) mass is 246 g/mol. The number of benzene rings is 1. The number of aryl methyl sites for hydroxylation is 1. The summed E-state index contributed by atoms with van der Waals surface area (Å²) < 4.78 is 0. The van der Waals surface area contributed by atoms with Gasteiger partial charge in [0.2, 0.25) is 0 Å². The summed E-state index contributed by atoms with van der Waals surface area (Å²) in [4.78, 5) is 2.43. The highest BCUT2D eigenvalue weighted by Crippen LogP contribution is 2.23. The number of hydrogen-bond donors (Lipinski definition) is 1. The lowest BCUT2D eigenvalue weighted by atomic mass is 10.0. The van der Waals surface area contributed by atoms with Gasteiger partial charge in [-0.2, -0.15) is 0 Å². The second-order valence-electron chi connectivity index (χ2n) is 5.94. The second kappa shape index (κ2) is 6.24. The molecule has 0 atom stereocenters. The van der Waals surface area contributed by atoms with Gasteiger partial charge in [0.1, 0.15) is 0 Å². The molecule has 0 fully saturated rings. The van der Waals surface area contributed by atoms with Crippen LogP contribution in [0.1, 0.15) is 37.8 Å². The molecule has 0 aromatic heterocycles. The number of nitrogens with zero attached hydrogens (tertiary/aromatic N) is 1. The molecule has 0 radical (unpaired) electrons. The molecule has 0 spiro atoms. The quantitative estimate of drug-likeness (QED) is 0.855. The number of nitrogens with one attached hydrogen (secondary N) is 1. The van der Waals surface area contributed by atoms with Crippen LogP contribution in [0.3, 0.4) is 0 Å². The highest BCUT2D eigenvalue weighted by molar-refractivity contribution is 5.54. The molecular formula is C16H26N2. The Bertz CT molecular complexity index is 385. The molecule has 1 aliphatic heterocycles. The minimum absolute atomic E-state index is 0.792. The van der Waals surface area contributed by atoms with Gasteiger partial charge in [-0.1, -0.05) is 26.0 Å². The van der Waals surface area contributed by atoms with Gasteiger partial charge >= 0.3 is 0 Å². The molecule has 0 saturated carbocycles. The van der Waals surface area contributed by atoms with Crippen molar-refractivity contribution in [2.24, 2.45) is 5.92 Å². The predicted molar refractivity (Wildman–Crippen MR) is 79.0 cm³/mol. The molecular weight excluding hydrogens is 220 g/mol. The standard InChI is InChI=1S/C16H26N2/c1-13(2)8-10-18(3)12-14-6-7-16-15(11-14)5-4-9-17-16/h6-7,11,13,17H,4-5,8-10,12H2,1-3H3. The Labute approximate surface area is 111 Å². The van der Waals surface area contributed by atoms with Crippen LogP contribution in [0, 0.1) is 5.92 Å². The molecule has 1 N–H and O–H groups in total. The topological polar surface area (TPSA) is 15.3 Å². The van der Waals surface area contributed by atoms with E-state index in [2.05, 4.69) is 49.3 Å². The zero-order chi connectivity index (χ0) is 13.0. The van der Waals surface area contributed by atoms with Crippen LogP contribution in [-0.2, 0) is 13.0 Å². The van der Waals surface area contributed by atoms with Crippen LogP contribution in [0.25, 0.3) is 0 Å². The van der Waals surface area contributed by atoms with Gasteiger partial charge < -0.3 is 10.2 Å². The van der Waals surface area contributed by atoms with Gasteiger partial charge in [0.05, 0.1) is 0 Å². The Morgan fingerprint density at radius 1 is 1.33 bits per heavy atom. The number of rotatable bonds is 5. The smallest absolute Gasteiger partial charge is 0.0372 e. The molecule has 18 heavy (non-hydrogen) atoms. The van der Waals surface area contributed by atoms with E-state index >= 15 is 0 Å². The molecule has 0 amide bonds. The maximum Gasteiger partial charge on any atom is 0.0372 e. The number of fused-ring (bicyclic) bond motifs is 1. The van der Waals surface area contributed by atoms with Crippen molar-refractivity contribution in [3.05, 3.63) is 29.3 Å². The van der Waals surface area contributed by atoms with Crippen LogP contribution in [-0.4, -0.2) is 25.0 Å². The third kappa shape index (κ3) is 3.74. The van der Waals surface area contributed by atoms with Gasteiger partial charge in [-0.3, -0.25) is 0 Å². The average Bonchev–Trinajstić information content (AvgIpc) is 2.36. The van der Waals surface area contributed by atoms with Crippen LogP contribution < -0.4 is 5.32 Å². The minimum atomic E-state index is 0.792. The SMILES string of the molecule is CC(C)CCN(C)Cc1ccc2c(c1)CCCN2. The summed E-state index contributed by atoms with van der Waals surface area (Å²) in [6.07, 6.45) is 3.77. The molecule has 2 nitrogen and oxygen atoms in total. The summed E-state index contributed by atoms with van der Waals surface area (Å²) in [5.74, 6) is 0.792. The van der Waals surface area contributed by atoms with Crippen molar-refractivity contribution < 1.29 is 0 Å². The zero-order valence-electron chi connectivity index (χ0n) is 12.0. The lowest BCUT2D eigenvalue weighted by Crippen LogP contribution is -2.20. The summed E-state index contributed by atoms with van der Waals surface area (Å²) in [7, 11) is 2.22. The third-order valence-corrected chi connectivity index (χ3v) is 3.65. The Morgan fingerprint density at radius 2 is 2.17 bits per heavy atom. The average molecular weight is 246 g/mol. The normalized spacial score (nSPS) is 14.7. The van der Waals surface area contributed by atoms with Crippen molar-refractivity contribution in [1.82, 2.24) is 4.90 Å². The van der Waals surface area contributed by atoms with Gasteiger partial charge in [-0.05, 0) is 56.0 Å². The van der Waals surface area contributed by atoms with Crippen LogP contribution in [0.15, 0.2) is 18.2 Å². The summed E-state index contributed by atoms with van der Waals surface area (Å²) in [6.45, 7) is 7.96. The fourth-order valence-electron chi connectivity index (χ4n) is 2.50. The van der Waals surface area contributed by atoms with E-state index in [9.17, 15) is 0 Å². The first-order chi connectivity index (χ1) is 8.65. The van der Waals surface area contributed by atoms with Gasteiger partial charge in [0.15, 0.2) is 0 Å². The van der Waals surface area contributed by atoms with Gasteiger partial charge in [-0.25, -0.2) is 0 Å². The van der Waals surface area contributed by atoms with Gasteiger partial charge in [-0.15, -0.1) is 0 Å². The Kier molecular flexibility index (Phi) is 4.65. The molecule has 1 heterocycles. The van der Waals surface area contributed by atoms with Crippen molar-refractivity contribution in [3.63, 3.8) is 0 Å². The highest BCUT2D eigenvalue weighted by Gasteiger charge is 2.09. The Morgan fingerprint density at radius 3 is 2.94 bits per heavy atom. The molecule has 0 unspecified atom stereocenters. The van der Waals surface area contributed by atoms with E-state index in [0.717, 1.165) is 19.0 Å². The first kappa shape index (κ1) is 13.4. The van der Waals surface area contributed by atoms with Crippen molar-refractivity contribution in [2.75, 3.05) is 25.5 Å². The summed E-state index contributed by atoms with van der Waals surface area (Å²) >= 11 is 0. The Balaban J connectivity index is 1.93. The van der Waals surface area contributed by atoms with Crippen LogP contribution in [0.5, 0.6) is 0 Å². The molecule has 0 aliphatic carbocycles. The molecule has 100 valence electrons. The first-order valence-corrected chi connectivity index (χ1v) is 7.19. The highest BCUT2D eigenvalue weighted by atomic mass is 15.1. The first-order valence-electron chi connectivity index (χ1n) is 7.19. The molecule has 0 saturated heterocycles.